The van der Waals surface area contributed by atoms with Crippen LogP contribution in [0, 0.1) is 0 Å². The largest absolute Gasteiger partial charge is 0.496 e. The number of benzene rings is 2. The van der Waals surface area contributed by atoms with Crippen molar-refractivity contribution >= 4 is 45.7 Å². The van der Waals surface area contributed by atoms with Crippen LogP contribution >= 0.6 is 11.8 Å². The van der Waals surface area contributed by atoms with Gasteiger partial charge < -0.3 is 9.47 Å². The predicted octanol–water partition coefficient (Wildman–Crippen LogP) is 3.45. The third-order valence-electron chi connectivity index (χ3n) is 4.18. The monoisotopic (exact) mass is 371 g/mol. The lowest BCUT2D eigenvalue weighted by atomic mass is 10.0. The molecular weight excluding hydrogens is 354 g/mol. The van der Waals surface area contributed by atoms with Crippen LogP contribution in [-0.4, -0.2) is 42.3 Å². The van der Waals surface area contributed by atoms with Crippen LogP contribution in [0.2, 0.25) is 0 Å². The van der Waals surface area contributed by atoms with E-state index in [-0.39, 0.29) is 4.91 Å². The number of hydrogen-bond acceptors (Lipinski definition) is 6. The maximum atomic E-state index is 12.6. The van der Waals surface area contributed by atoms with E-state index in [0.717, 1.165) is 38.7 Å². The SMILES string of the molecule is COC(=O)[C@@H](C)N1C(=O)S/C(=C\c2ccc(OC)c3ccccc23)C1=O. The summed E-state index contributed by atoms with van der Waals surface area (Å²) in [6, 6.07) is 10.3. The summed E-state index contributed by atoms with van der Waals surface area (Å²) >= 11 is 0.811. The highest BCUT2D eigenvalue weighted by Gasteiger charge is 2.41. The van der Waals surface area contributed by atoms with Gasteiger partial charge in [-0.3, -0.25) is 14.5 Å². The van der Waals surface area contributed by atoms with Crippen molar-refractivity contribution in [2.24, 2.45) is 0 Å². The second-order valence-electron chi connectivity index (χ2n) is 5.65. The van der Waals surface area contributed by atoms with Crippen molar-refractivity contribution in [1.29, 1.82) is 0 Å². The van der Waals surface area contributed by atoms with Crippen molar-refractivity contribution in [3.63, 3.8) is 0 Å². The average molecular weight is 371 g/mol. The summed E-state index contributed by atoms with van der Waals surface area (Å²) < 4.78 is 10.0. The molecule has 0 bridgehead atoms. The molecule has 0 saturated carbocycles. The summed E-state index contributed by atoms with van der Waals surface area (Å²) in [5.74, 6) is -0.411. The molecular formula is C19H17NO5S. The third-order valence-corrected chi connectivity index (χ3v) is 5.06. The number of methoxy groups -OCH3 is 2. The predicted molar refractivity (Wildman–Crippen MR) is 99.8 cm³/mol. The van der Waals surface area contributed by atoms with E-state index < -0.39 is 23.2 Å². The molecule has 0 aliphatic carbocycles. The van der Waals surface area contributed by atoms with Crippen LogP contribution < -0.4 is 4.74 Å². The molecule has 1 saturated heterocycles. The molecule has 1 atom stereocenters. The number of ether oxygens (including phenoxy) is 2. The molecule has 2 aromatic carbocycles. The normalized spacial score (nSPS) is 17.0. The Morgan fingerprint density at radius 1 is 1.12 bits per heavy atom. The number of carbonyl (C=O) groups is 3. The molecule has 0 N–H and O–H groups in total. The van der Waals surface area contributed by atoms with Crippen LogP contribution in [0.25, 0.3) is 16.8 Å². The molecule has 1 fully saturated rings. The van der Waals surface area contributed by atoms with Gasteiger partial charge in [0.25, 0.3) is 11.1 Å². The Kier molecular flexibility index (Phi) is 4.99. The molecule has 0 aromatic heterocycles. The minimum Gasteiger partial charge on any atom is -0.496 e. The number of esters is 1. The Morgan fingerprint density at radius 3 is 2.46 bits per heavy atom. The van der Waals surface area contributed by atoms with Gasteiger partial charge in [-0.15, -0.1) is 0 Å². The number of hydrogen-bond donors (Lipinski definition) is 0. The van der Waals surface area contributed by atoms with Gasteiger partial charge in [-0.1, -0.05) is 30.3 Å². The summed E-state index contributed by atoms with van der Waals surface area (Å²) in [4.78, 5) is 37.7. The zero-order valence-electron chi connectivity index (χ0n) is 14.5. The molecule has 0 unspecified atom stereocenters. The Bertz CT molecular complexity index is 937. The van der Waals surface area contributed by atoms with Crippen LogP contribution in [0.1, 0.15) is 12.5 Å². The lowest BCUT2D eigenvalue weighted by Gasteiger charge is -2.18. The first-order valence-corrected chi connectivity index (χ1v) is 8.70. The smallest absolute Gasteiger partial charge is 0.328 e. The van der Waals surface area contributed by atoms with Gasteiger partial charge in [0.15, 0.2) is 0 Å². The fourth-order valence-electron chi connectivity index (χ4n) is 2.83. The molecule has 6 nitrogen and oxygen atoms in total. The Balaban J connectivity index is 2.02. The maximum Gasteiger partial charge on any atom is 0.328 e. The van der Waals surface area contributed by atoms with Gasteiger partial charge in [-0.05, 0) is 41.8 Å². The number of fused-ring (bicyclic) bond motifs is 1. The summed E-state index contributed by atoms with van der Waals surface area (Å²) in [6.45, 7) is 1.47. The van der Waals surface area contributed by atoms with Gasteiger partial charge in [0, 0.05) is 5.39 Å². The van der Waals surface area contributed by atoms with Crippen LogP contribution in [0.5, 0.6) is 5.75 Å². The topological polar surface area (TPSA) is 72.9 Å². The average Bonchev–Trinajstić information content (AvgIpc) is 2.94. The number of thioether (sulfide) groups is 1. The standard InChI is InChI=1S/C19H17NO5S/c1-11(18(22)25-3)20-17(21)16(26-19(20)23)10-12-8-9-15(24-2)14-7-5-4-6-13(12)14/h4-11H,1-3H3/b16-10-/t11-/m1/s1. The first-order valence-electron chi connectivity index (χ1n) is 7.88. The quantitative estimate of drug-likeness (QED) is 0.605. The van der Waals surface area contributed by atoms with Gasteiger partial charge in [0.05, 0.1) is 19.1 Å². The molecule has 0 radical (unpaired) electrons. The Hall–Kier alpha value is -2.80. The minimum atomic E-state index is -0.967. The molecule has 2 amide bonds. The molecule has 0 spiro atoms. The van der Waals surface area contributed by atoms with E-state index in [2.05, 4.69) is 4.74 Å². The van der Waals surface area contributed by atoms with Gasteiger partial charge in [0.2, 0.25) is 0 Å². The molecule has 1 heterocycles. The molecule has 1 aliphatic rings. The van der Waals surface area contributed by atoms with E-state index >= 15 is 0 Å². The van der Waals surface area contributed by atoms with E-state index in [1.54, 1.807) is 13.2 Å². The van der Waals surface area contributed by atoms with Crippen LogP contribution in [0.15, 0.2) is 41.3 Å². The highest BCUT2D eigenvalue weighted by molar-refractivity contribution is 8.18. The van der Waals surface area contributed by atoms with Crippen LogP contribution in [0.3, 0.4) is 0 Å². The number of rotatable bonds is 4. The number of amides is 2. The molecule has 26 heavy (non-hydrogen) atoms. The summed E-state index contributed by atoms with van der Waals surface area (Å²) in [5, 5.41) is 1.32. The fraction of sp³-hybridized carbons (Fsp3) is 0.211. The third kappa shape index (κ3) is 3.06. The zero-order valence-corrected chi connectivity index (χ0v) is 15.3. The zero-order chi connectivity index (χ0) is 18.8. The van der Waals surface area contributed by atoms with Crippen LogP contribution in [-0.2, 0) is 14.3 Å². The van der Waals surface area contributed by atoms with Crippen molar-refractivity contribution in [3.8, 4) is 5.75 Å². The highest BCUT2D eigenvalue weighted by Crippen LogP contribution is 2.36. The number of imide groups is 1. The van der Waals surface area contributed by atoms with Gasteiger partial charge in [-0.25, -0.2) is 4.79 Å². The molecule has 134 valence electrons. The van der Waals surface area contributed by atoms with Crippen molar-refractivity contribution in [2.45, 2.75) is 13.0 Å². The highest BCUT2D eigenvalue weighted by atomic mass is 32.2. The Morgan fingerprint density at radius 2 is 1.81 bits per heavy atom. The van der Waals surface area contributed by atoms with Gasteiger partial charge >= 0.3 is 5.97 Å². The van der Waals surface area contributed by atoms with E-state index in [4.69, 9.17) is 4.74 Å². The van der Waals surface area contributed by atoms with E-state index in [9.17, 15) is 14.4 Å². The Labute approximate surface area is 154 Å². The summed E-state index contributed by atoms with van der Waals surface area (Å²) in [6.07, 6.45) is 1.66. The summed E-state index contributed by atoms with van der Waals surface area (Å²) in [7, 11) is 2.82. The van der Waals surface area contributed by atoms with Gasteiger partial charge in [-0.2, -0.15) is 0 Å². The second-order valence-corrected chi connectivity index (χ2v) is 6.65. The number of nitrogens with zero attached hydrogens (tertiary/aromatic N) is 1. The molecule has 1 aliphatic heterocycles. The lowest BCUT2D eigenvalue weighted by molar-refractivity contribution is -0.148. The minimum absolute atomic E-state index is 0.265. The lowest BCUT2D eigenvalue weighted by Crippen LogP contribution is -2.42. The van der Waals surface area contributed by atoms with Crippen molar-refractivity contribution in [3.05, 3.63) is 46.9 Å². The summed E-state index contributed by atoms with van der Waals surface area (Å²) in [5.41, 5.74) is 0.789. The van der Waals surface area contributed by atoms with Crippen molar-refractivity contribution < 1.29 is 23.9 Å². The molecule has 7 heteroatoms. The van der Waals surface area contributed by atoms with Crippen LogP contribution in [0.4, 0.5) is 4.79 Å². The second kappa shape index (κ2) is 7.21. The van der Waals surface area contributed by atoms with E-state index in [1.165, 1.54) is 14.0 Å². The van der Waals surface area contributed by atoms with E-state index in [0.29, 0.717) is 0 Å². The first kappa shape index (κ1) is 18.0. The van der Waals surface area contributed by atoms with Crippen molar-refractivity contribution in [2.75, 3.05) is 14.2 Å². The fourth-order valence-corrected chi connectivity index (χ4v) is 3.73. The maximum absolute atomic E-state index is 12.6. The van der Waals surface area contributed by atoms with Crippen molar-refractivity contribution in [1.82, 2.24) is 4.90 Å². The molecule has 2 aromatic rings. The van der Waals surface area contributed by atoms with E-state index in [1.807, 2.05) is 36.4 Å². The van der Waals surface area contributed by atoms with Gasteiger partial charge in [0.1, 0.15) is 11.8 Å². The number of carbonyl (C=O) groups excluding carboxylic acids is 3. The molecule has 3 rings (SSSR count). The first-order chi connectivity index (χ1) is 12.5.